The number of aliphatic hydroxyl groups is 1. The maximum atomic E-state index is 11.7. The third-order valence-electron chi connectivity index (χ3n) is 3.69. The highest BCUT2D eigenvalue weighted by molar-refractivity contribution is 5.73. The van der Waals surface area contributed by atoms with E-state index < -0.39 is 0 Å². The van der Waals surface area contributed by atoms with Crippen LogP contribution < -0.4 is 10.6 Å². The van der Waals surface area contributed by atoms with E-state index in [0.29, 0.717) is 19.5 Å². The van der Waals surface area contributed by atoms with Gasteiger partial charge in [0.25, 0.3) is 0 Å². The zero-order valence-corrected chi connectivity index (χ0v) is 13.6. The highest BCUT2D eigenvalue weighted by Crippen LogP contribution is 2.09. The molecule has 1 atom stereocenters. The van der Waals surface area contributed by atoms with Gasteiger partial charge in [0.05, 0.1) is 12.4 Å². The molecule has 1 heterocycles. The van der Waals surface area contributed by atoms with Gasteiger partial charge < -0.3 is 20.3 Å². The van der Waals surface area contributed by atoms with E-state index in [1.165, 1.54) is 0 Å². The third-order valence-corrected chi connectivity index (χ3v) is 3.69. The van der Waals surface area contributed by atoms with Crippen molar-refractivity contribution in [2.24, 2.45) is 5.92 Å². The number of hydrogen-bond donors (Lipinski definition) is 3. The Labute approximate surface area is 136 Å². The zero-order chi connectivity index (χ0) is 16.7. The molecule has 0 bridgehead atoms. The maximum Gasteiger partial charge on any atom is 0.315 e. The maximum absolute atomic E-state index is 11.7. The summed E-state index contributed by atoms with van der Waals surface area (Å²) in [4.78, 5) is 15.7. The van der Waals surface area contributed by atoms with Crippen molar-refractivity contribution in [3.8, 4) is 5.69 Å². The minimum Gasteiger partial charge on any atom is -0.393 e. The van der Waals surface area contributed by atoms with Crippen molar-refractivity contribution in [2.75, 3.05) is 6.54 Å². The van der Waals surface area contributed by atoms with Gasteiger partial charge in [-0.25, -0.2) is 9.78 Å². The summed E-state index contributed by atoms with van der Waals surface area (Å²) in [6.45, 7) is 4.84. The average Bonchev–Trinajstić information content (AvgIpc) is 3.07. The van der Waals surface area contributed by atoms with E-state index in [2.05, 4.69) is 15.6 Å². The molecule has 23 heavy (non-hydrogen) atoms. The Balaban J connectivity index is 1.72. The SMILES string of the molecule is CC(C)C(O)CCNC(=O)NCc1ccc(-n2ccnc2)cc1. The molecule has 0 spiro atoms. The van der Waals surface area contributed by atoms with Crippen LogP contribution >= 0.6 is 0 Å². The largest absolute Gasteiger partial charge is 0.393 e. The molecular weight excluding hydrogens is 292 g/mol. The second-order valence-corrected chi connectivity index (χ2v) is 5.85. The number of benzene rings is 1. The summed E-state index contributed by atoms with van der Waals surface area (Å²) < 4.78 is 1.92. The predicted molar refractivity (Wildman–Crippen MR) is 89.3 cm³/mol. The van der Waals surface area contributed by atoms with Gasteiger partial charge in [0, 0.05) is 31.2 Å². The predicted octanol–water partition coefficient (Wildman–Crippen LogP) is 2.08. The van der Waals surface area contributed by atoms with Crippen molar-refractivity contribution in [1.29, 1.82) is 0 Å². The molecule has 0 aliphatic rings. The van der Waals surface area contributed by atoms with Gasteiger partial charge in [0.15, 0.2) is 0 Å². The Hall–Kier alpha value is -2.34. The van der Waals surface area contributed by atoms with Crippen LogP contribution in [0.25, 0.3) is 5.69 Å². The number of hydrogen-bond acceptors (Lipinski definition) is 3. The number of nitrogens with zero attached hydrogens (tertiary/aromatic N) is 2. The summed E-state index contributed by atoms with van der Waals surface area (Å²) in [6.07, 6.45) is 5.53. The molecule has 0 fully saturated rings. The van der Waals surface area contributed by atoms with Crippen LogP contribution in [0.3, 0.4) is 0 Å². The molecule has 6 nitrogen and oxygen atoms in total. The Morgan fingerprint density at radius 2 is 2.00 bits per heavy atom. The van der Waals surface area contributed by atoms with Gasteiger partial charge in [-0.05, 0) is 30.0 Å². The topological polar surface area (TPSA) is 79.2 Å². The fourth-order valence-corrected chi connectivity index (χ4v) is 2.11. The van der Waals surface area contributed by atoms with E-state index in [0.717, 1.165) is 11.3 Å². The number of nitrogens with one attached hydrogen (secondary N) is 2. The Kier molecular flexibility index (Phi) is 6.17. The van der Waals surface area contributed by atoms with E-state index in [-0.39, 0.29) is 18.1 Å². The monoisotopic (exact) mass is 316 g/mol. The molecule has 2 rings (SSSR count). The molecule has 124 valence electrons. The minimum atomic E-state index is -0.383. The molecule has 2 amide bonds. The standard InChI is InChI=1S/C17H24N4O2/c1-13(2)16(22)7-8-19-17(23)20-11-14-3-5-15(6-4-14)21-10-9-18-12-21/h3-6,9-10,12-13,16,22H,7-8,11H2,1-2H3,(H2,19,20,23). The number of carbonyl (C=O) groups is 1. The molecule has 3 N–H and O–H groups in total. The molecule has 0 aliphatic heterocycles. The van der Waals surface area contributed by atoms with E-state index in [1.54, 1.807) is 12.5 Å². The van der Waals surface area contributed by atoms with Crippen LogP contribution in [0.1, 0.15) is 25.8 Å². The van der Waals surface area contributed by atoms with Crippen molar-refractivity contribution in [3.05, 3.63) is 48.5 Å². The number of aromatic nitrogens is 2. The van der Waals surface area contributed by atoms with Crippen LogP contribution in [0.4, 0.5) is 4.79 Å². The highest BCUT2D eigenvalue weighted by Gasteiger charge is 2.09. The number of rotatable bonds is 7. The number of imidazole rings is 1. The van der Waals surface area contributed by atoms with Crippen LogP contribution in [0, 0.1) is 5.92 Å². The number of aliphatic hydroxyl groups excluding tert-OH is 1. The van der Waals surface area contributed by atoms with Crippen LogP contribution in [0.5, 0.6) is 0 Å². The minimum absolute atomic E-state index is 0.203. The van der Waals surface area contributed by atoms with Gasteiger partial charge in [0.1, 0.15) is 0 Å². The quantitative estimate of drug-likeness (QED) is 0.732. The summed E-state index contributed by atoms with van der Waals surface area (Å²) in [5, 5.41) is 15.2. The normalized spacial score (nSPS) is 12.2. The molecule has 0 saturated carbocycles. The number of carbonyl (C=O) groups excluding carboxylic acids is 1. The highest BCUT2D eigenvalue weighted by atomic mass is 16.3. The molecule has 6 heteroatoms. The molecule has 0 aliphatic carbocycles. The van der Waals surface area contributed by atoms with E-state index in [1.807, 2.05) is 48.9 Å². The van der Waals surface area contributed by atoms with E-state index in [9.17, 15) is 9.90 Å². The van der Waals surface area contributed by atoms with Gasteiger partial charge in [-0.15, -0.1) is 0 Å². The Morgan fingerprint density at radius 3 is 2.61 bits per heavy atom. The van der Waals surface area contributed by atoms with Crippen LogP contribution in [-0.4, -0.2) is 33.3 Å². The Bertz CT molecular complexity index is 594. The van der Waals surface area contributed by atoms with E-state index in [4.69, 9.17) is 0 Å². The summed E-state index contributed by atoms with van der Waals surface area (Å²) in [7, 11) is 0. The summed E-state index contributed by atoms with van der Waals surface area (Å²) in [6, 6.07) is 7.68. The molecule has 1 aromatic heterocycles. The van der Waals surface area contributed by atoms with Crippen molar-refractivity contribution >= 4 is 6.03 Å². The van der Waals surface area contributed by atoms with Gasteiger partial charge in [-0.3, -0.25) is 0 Å². The molecule has 1 aromatic carbocycles. The summed E-state index contributed by atoms with van der Waals surface area (Å²) >= 11 is 0. The zero-order valence-electron chi connectivity index (χ0n) is 13.6. The number of amides is 2. The lowest BCUT2D eigenvalue weighted by atomic mass is 10.0. The Morgan fingerprint density at radius 1 is 1.26 bits per heavy atom. The molecule has 2 aromatic rings. The van der Waals surface area contributed by atoms with Crippen molar-refractivity contribution in [1.82, 2.24) is 20.2 Å². The lowest BCUT2D eigenvalue weighted by Crippen LogP contribution is -2.37. The first-order valence-electron chi connectivity index (χ1n) is 7.83. The molecule has 1 unspecified atom stereocenters. The van der Waals surface area contributed by atoms with Crippen molar-refractivity contribution in [2.45, 2.75) is 32.9 Å². The van der Waals surface area contributed by atoms with Gasteiger partial charge in [0.2, 0.25) is 0 Å². The van der Waals surface area contributed by atoms with Gasteiger partial charge in [-0.1, -0.05) is 26.0 Å². The van der Waals surface area contributed by atoms with E-state index >= 15 is 0 Å². The second kappa shape index (κ2) is 8.33. The fraction of sp³-hybridized carbons (Fsp3) is 0.412. The van der Waals surface area contributed by atoms with Crippen molar-refractivity contribution in [3.63, 3.8) is 0 Å². The molecule has 0 saturated heterocycles. The first-order valence-corrected chi connectivity index (χ1v) is 7.83. The fourth-order valence-electron chi connectivity index (χ4n) is 2.11. The number of urea groups is 1. The lowest BCUT2D eigenvalue weighted by Gasteiger charge is -2.14. The van der Waals surface area contributed by atoms with Crippen molar-refractivity contribution < 1.29 is 9.90 Å². The molecule has 0 radical (unpaired) electrons. The first-order chi connectivity index (χ1) is 11.1. The second-order valence-electron chi connectivity index (χ2n) is 5.85. The van der Waals surface area contributed by atoms with Gasteiger partial charge >= 0.3 is 6.03 Å². The summed E-state index contributed by atoms with van der Waals surface area (Å²) in [5.41, 5.74) is 2.05. The summed E-state index contributed by atoms with van der Waals surface area (Å²) in [5.74, 6) is 0.203. The lowest BCUT2D eigenvalue weighted by molar-refractivity contribution is 0.116. The average molecular weight is 316 g/mol. The van der Waals surface area contributed by atoms with Crippen LogP contribution in [0.15, 0.2) is 43.0 Å². The molecular formula is C17H24N4O2. The van der Waals surface area contributed by atoms with Gasteiger partial charge in [-0.2, -0.15) is 0 Å². The van der Waals surface area contributed by atoms with Crippen LogP contribution in [-0.2, 0) is 6.54 Å². The first kappa shape index (κ1) is 17.0. The third kappa shape index (κ3) is 5.41. The van der Waals surface area contributed by atoms with Crippen LogP contribution in [0.2, 0.25) is 0 Å². The smallest absolute Gasteiger partial charge is 0.315 e.